The molecule has 3 atom stereocenters. The number of hydrogen-bond donors (Lipinski definition) is 1. The first-order valence-electron chi connectivity index (χ1n) is 8.11. The highest BCUT2D eigenvalue weighted by molar-refractivity contribution is 4.92. The van der Waals surface area contributed by atoms with Gasteiger partial charge in [-0.1, -0.05) is 27.2 Å². The molecule has 0 bridgehead atoms. The van der Waals surface area contributed by atoms with Crippen LogP contribution < -0.4 is 5.32 Å². The fourth-order valence-corrected chi connectivity index (χ4v) is 3.69. The average Bonchev–Trinajstić information content (AvgIpc) is 2.25. The van der Waals surface area contributed by atoms with Crippen LogP contribution in [0.4, 0.5) is 0 Å². The van der Waals surface area contributed by atoms with Crippen LogP contribution in [0.2, 0.25) is 0 Å². The molecule has 1 aliphatic carbocycles. The maximum atomic E-state index is 3.77. The maximum absolute atomic E-state index is 3.77. The van der Waals surface area contributed by atoms with E-state index in [1.165, 1.54) is 45.2 Å². The van der Waals surface area contributed by atoms with E-state index in [1.807, 2.05) is 0 Å². The summed E-state index contributed by atoms with van der Waals surface area (Å²) >= 11 is 0. The highest BCUT2D eigenvalue weighted by Crippen LogP contribution is 2.34. The fraction of sp³-hybridized carbons (Fsp3) is 1.00. The van der Waals surface area contributed by atoms with Crippen LogP contribution in [-0.4, -0.2) is 36.1 Å². The van der Waals surface area contributed by atoms with E-state index in [0.717, 1.165) is 30.0 Å². The van der Waals surface area contributed by atoms with Gasteiger partial charge in [-0.15, -0.1) is 0 Å². The summed E-state index contributed by atoms with van der Waals surface area (Å²) < 4.78 is 0. The Balaban J connectivity index is 1.93. The molecule has 0 aromatic carbocycles. The van der Waals surface area contributed by atoms with Gasteiger partial charge in [-0.3, -0.25) is 4.90 Å². The zero-order valence-electron chi connectivity index (χ0n) is 12.8. The van der Waals surface area contributed by atoms with Crippen molar-refractivity contribution in [2.75, 3.05) is 13.1 Å². The molecule has 0 amide bonds. The van der Waals surface area contributed by atoms with Gasteiger partial charge < -0.3 is 5.32 Å². The Kier molecular flexibility index (Phi) is 5.08. The van der Waals surface area contributed by atoms with Crippen molar-refractivity contribution in [3.63, 3.8) is 0 Å². The first kappa shape index (κ1) is 14.3. The zero-order valence-corrected chi connectivity index (χ0v) is 12.8. The van der Waals surface area contributed by atoms with Crippen LogP contribution in [0.5, 0.6) is 0 Å². The van der Waals surface area contributed by atoms with Crippen LogP contribution in [0.25, 0.3) is 0 Å². The molecule has 1 heterocycles. The van der Waals surface area contributed by atoms with Gasteiger partial charge in [-0.05, 0) is 44.4 Å². The van der Waals surface area contributed by atoms with Crippen molar-refractivity contribution in [3.05, 3.63) is 0 Å². The highest BCUT2D eigenvalue weighted by atomic mass is 15.3. The molecule has 2 nitrogen and oxygen atoms in total. The molecule has 1 aliphatic heterocycles. The average molecular weight is 252 g/mol. The lowest BCUT2D eigenvalue weighted by Crippen LogP contribution is -2.60. The van der Waals surface area contributed by atoms with Crippen LogP contribution in [0, 0.1) is 11.8 Å². The third-order valence-corrected chi connectivity index (χ3v) is 5.12. The van der Waals surface area contributed by atoms with E-state index in [2.05, 4.69) is 37.9 Å². The SMILES string of the molecule is CCC1CNC(CC(C)C)CN1C(C)C1CCC1. The first-order chi connectivity index (χ1) is 8.61. The molecule has 0 aromatic rings. The summed E-state index contributed by atoms with van der Waals surface area (Å²) in [5, 5.41) is 3.77. The minimum absolute atomic E-state index is 0.718. The maximum Gasteiger partial charge on any atom is 0.0221 e. The molecule has 2 aliphatic rings. The number of piperazine rings is 1. The number of rotatable bonds is 5. The molecule has 3 unspecified atom stereocenters. The van der Waals surface area contributed by atoms with Crippen LogP contribution in [0.3, 0.4) is 0 Å². The van der Waals surface area contributed by atoms with Gasteiger partial charge in [-0.2, -0.15) is 0 Å². The molecule has 2 fully saturated rings. The number of nitrogens with one attached hydrogen (secondary N) is 1. The summed E-state index contributed by atoms with van der Waals surface area (Å²) in [6.45, 7) is 12.0. The van der Waals surface area contributed by atoms with Crippen molar-refractivity contribution in [1.82, 2.24) is 10.2 Å². The summed E-state index contributed by atoms with van der Waals surface area (Å²) in [4.78, 5) is 2.83. The van der Waals surface area contributed by atoms with Crippen LogP contribution in [0.15, 0.2) is 0 Å². The lowest BCUT2D eigenvalue weighted by molar-refractivity contribution is 0.0316. The zero-order chi connectivity index (χ0) is 13.1. The lowest BCUT2D eigenvalue weighted by atomic mass is 9.79. The third-order valence-electron chi connectivity index (χ3n) is 5.12. The second kappa shape index (κ2) is 6.38. The van der Waals surface area contributed by atoms with Crippen molar-refractivity contribution < 1.29 is 0 Å². The predicted octanol–water partition coefficient (Wildman–Crippen LogP) is 3.27. The van der Waals surface area contributed by atoms with E-state index in [0.29, 0.717) is 0 Å². The van der Waals surface area contributed by atoms with Crippen LogP contribution in [-0.2, 0) is 0 Å². The van der Waals surface area contributed by atoms with E-state index < -0.39 is 0 Å². The minimum Gasteiger partial charge on any atom is -0.311 e. The van der Waals surface area contributed by atoms with E-state index in [9.17, 15) is 0 Å². The molecule has 0 spiro atoms. The van der Waals surface area contributed by atoms with Crippen molar-refractivity contribution in [3.8, 4) is 0 Å². The van der Waals surface area contributed by atoms with Crippen LogP contribution >= 0.6 is 0 Å². The van der Waals surface area contributed by atoms with Gasteiger partial charge >= 0.3 is 0 Å². The smallest absolute Gasteiger partial charge is 0.0221 e. The Bertz CT molecular complexity index is 247. The summed E-state index contributed by atoms with van der Waals surface area (Å²) in [6, 6.07) is 2.29. The fourth-order valence-electron chi connectivity index (χ4n) is 3.69. The van der Waals surface area contributed by atoms with Crippen molar-refractivity contribution in [2.45, 2.75) is 77.9 Å². The van der Waals surface area contributed by atoms with Crippen molar-refractivity contribution >= 4 is 0 Å². The Morgan fingerprint density at radius 3 is 2.44 bits per heavy atom. The largest absolute Gasteiger partial charge is 0.311 e. The molecule has 18 heavy (non-hydrogen) atoms. The monoisotopic (exact) mass is 252 g/mol. The topological polar surface area (TPSA) is 15.3 Å². The van der Waals surface area contributed by atoms with Gasteiger partial charge in [0.05, 0.1) is 0 Å². The molecule has 2 rings (SSSR count). The Morgan fingerprint density at radius 1 is 1.22 bits per heavy atom. The Morgan fingerprint density at radius 2 is 1.94 bits per heavy atom. The molecule has 0 aromatic heterocycles. The first-order valence-corrected chi connectivity index (χ1v) is 8.11. The summed E-state index contributed by atoms with van der Waals surface area (Å²) in [6.07, 6.45) is 7.02. The molecule has 106 valence electrons. The molecule has 1 N–H and O–H groups in total. The van der Waals surface area contributed by atoms with Gasteiger partial charge in [0.2, 0.25) is 0 Å². The van der Waals surface area contributed by atoms with Gasteiger partial charge in [-0.25, -0.2) is 0 Å². The molecule has 2 heteroatoms. The summed E-state index contributed by atoms with van der Waals surface area (Å²) in [5.74, 6) is 1.79. The van der Waals surface area contributed by atoms with Gasteiger partial charge in [0.15, 0.2) is 0 Å². The van der Waals surface area contributed by atoms with Crippen LogP contribution in [0.1, 0.15) is 59.8 Å². The highest BCUT2D eigenvalue weighted by Gasteiger charge is 2.35. The Labute approximate surface area is 114 Å². The van der Waals surface area contributed by atoms with E-state index in [4.69, 9.17) is 0 Å². The second-order valence-corrected chi connectivity index (χ2v) is 6.93. The second-order valence-electron chi connectivity index (χ2n) is 6.93. The summed E-state index contributed by atoms with van der Waals surface area (Å²) in [7, 11) is 0. The number of hydrogen-bond acceptors (Lipinski definition) is 2. The van der Waals surface area contributed by atoms with Crippen molar-refractivity contribution in [1.29, 1.82) is 0 Å². The molecule has 0 radical (unpaired) electrons. The van der Waals surface area contributed by atoms with Gasteiger partial charge in [0.1, 0.15) is 0 Å². The third kappa shape index (κ3) is 3.27. The predicted molar refractivity (Wildman–Crippen MR) is 78.8 cm³/mol. The van der Waals surface area contributed by atoms with E-state index >= 15 is 0 Å². The van der Waals surface area contributed by atoms with E-state index in [-0.39, 0.29) is 0 Å². The standard InChI is InChI=1S/C16H32N2/c1-5-16-10-17-15(9-12(2)3)11-18(16)13(4)14-7-6-8-14/h12-17H,5-11H2,1-4H3. The van der Waals surface area contributed by atoms with E-state index in [1.54, 1.807) is 0 Å². The van der Waals surface area contributed by atoms with Gasteiger partial charge in [0.25, 0.3) is 0 Å². The molecule has 1 saturated carbocycles. The molecular weight excluding hydrogens is 220 g/mol. The number of nitrogens with zero attached hydrogens (tertiary/aromatic N) is 1. The summed E-state index contributed by atoms with van der Waals surface area (Å²) in [5.41, 5.74) is 0. The van der Waals surface area contributed by atoms with Crippen molar-refractivity contribution in [2.24, 2.45) is 11.8 Å². The molecular formula is C16H32N2. The lowest BCUT2D eigenvalue weighted by Gasteiger charge is -2.48. The minimum atomic E-state index is 0.718. The normalized spacial score (nSPS) is 32.5. The quantitative estimate of drug-likeness (QED) is 0.808. The Hall–Kier alpha value is -0.0800. The molecule has 1 saturated heterocycles. The van der Waals surface area contributed by atoms with Gasteiger partial charge in [0, 0.05) is 31.2 Å².